The van der Waals surface area contributed by atoms with Gasteiger partial charge < -0.3 is 20.5 Å². The van der Waals surface area contributed by atoms with Gasteiger partial charge in [0.25, 0.3) is 5.91 Å². The zero-order chi connectivity index (χ0) is 26.2. The number of carbonyl (C=O) groups is 1. The lowest BCUT2D eigenvalue weighted by Gasteiger charge is -2.34. The first-order chi connectivity index (χ1) is 17.7. The number of hydrogen-bond donors (Lipinski definition) is 2. The van der Waals surface area contributed by atoms with Crippen LogP contribution < -0.4 is 15.8 Å². The van der Waals surface area contributed by atoms with Gasteiger partial charge in [0.1, 0.15) is 12.3 Å². The molecule has 0 bridgehead atoms. The number of hydrogen-bond acceptors (Lipinski definition) is 8. The van der Waals surface area contributed by atoms with Crippen molar-refractivity contribution in [2.45, 2.75) is 30.2 Å². The third kappa shape index (κ3) is 4.88. The van der Waals surface area contributed by atoms with Gasteiger partial charge >= 0.3 is 0 Å². The minimum absolute atomic E-state index is 0.0119. The maximum absolute atomic E-state index is 15.1. The van der Waals surface area contributed by atoms with E-state index >= 15 is 4.39 Å². The zero-order valence-corrected chi connectivity index (χ0v) is 21.0. The number of thioether (sulfide) groups is 1. The zero-order valence-electron chi connectivity index (χ0n) is 20.2. The maximum atomic E-state index is 15.1. The van der Waals surface area contributed by atoms with Crippen LogP contribution in [0.1, 0.15) is 35.0 Å². The number of ether oxygens (including phenoxy) is 2. The van der Waals surface area contributed by atoms with E-state index in [-0.39, 0.29) is 38.7 Å². The predicted molar refractivity (Wildman–Crippen MR) is 136 cm³/mol. The van der Waals surface area contributed by atoms with E-state index in [0.29, 0.717) is 19.6 Å². The van der Waals surface area contributed by atoms with E-state index in [0.717, 1.165) is 11.6 Å². The molecule has 1 saturated carbocycles. The van der Waals surface area contributed by atoms with E-state index in [4.69, 9.17) is 15.2 Å². The number of nitrogens with one attached hydrogen (secondary N) is 1. The van der Waals surface area contributed by atoms with E-state index in [2.05, 4.69) is 20.3 Å². The number of anilines is 1. The van der Waals surface area contributed by atoms with Crippen LogP contribution in [0, 0.1) is 17.6 Å². The average Bonchev–Trinajstić information content (AvgIpc) is 3.60. The van der Waals surface area contributed by atoms with Crippen LogP contribution >= 0.6 is 11.8 Å². The summed E-state index contributed by atoms with van der Waals surface area (Å²) in [7, 11) is 1.59. The Balaban J connectivity index is 1.33. The lowest BCUT2D eigenvalue weighted by molar-refractivity contribution is 0.102. The summed E-state index contributed by atoms with van der Waals surface area (Å²) in [6.07, 6.45) is 3.28. The lowest BCUT2D eigenvalue weighted by atomic mass is 9.85. The number of benzene rings is 2. The van der Waals surface area contributed by atoms with Crippen LogP contribution in [0.4, 0.5) is 14.5 Å². The molecule has 1 aromatic heterocycles. The van der Waals surface area contributed by atoms with Gasteiger partial charge in [-0.1, -0.05) is 42.1 Å². The minimum atomic E-state index is -1.11. The third-order valence-electron chi connectivity index (χ3n) is 6.66. The van der Waals surface area contributed by atoms with Gasteiger partial charge in [-0.05, 0) is 25.0 Å². The third-order valence-corrected chi connectivity index (χ3v) is 7.94. The first-order valence-electron chi connectivity index (χ1n) is 11.6. The van der Waals surface area contributed by atoms with Gasteiger partial charge in [0, 0.05) is 30.3 Å². The molecular weight excluding hydrogens is 500 g/mol. The molecule has 3 N–H and O–H groups in total. The first-order valence-corrected chi connectivity index (χ1v) is 12.4. The predicted octanol–water partition coefficient (Wildman–Crippen LogP) is 4.27. The van der Waals surface area contributed by atoms with Gasteiger partial charge in [0.15, 0.2) is 16.8 Å². The van der Waals surface area contributed by atoms with E-state index in [1.807, 2.05) is 30.3 Å². The quantitative estimate of drug-likeness (QED) is 0.452. The van der Waals surface area contributed by atoms with Gasteiger partial charge in [0.2, 0.25) is 5.88 Å². The van der Waals surface area contributed by atoms with Crippen LogP contribution in [0.5, 0.6) is 5.88 Å². The number of aliphatic imine (C=N–C) groups is 1. The highest BCUT2D eigenvalue weighted by molar-refractivity contribution is 8.15. The van der Waals surface area contributed by atoms with Crippen molar-refractivity contribution in [1.82, 2.24) is 9.97 Å². The Morgan fingerprint density at radius 1 is 1.22 bits per heavy atom. The lowest BCUT2D eigenvalue weighted by Crippen LogP contribution is -2.38. The number of methoxy groups -OCH3 is 1. The Hall–Kier alpha value is -3.57. The van der Waals surface area contributed by atoms with Crippen LogP contribution in [0.25, 0.3) is 0 Å². The van der Waals surface area contributed by atoms with Gasteiger partial charge in [-0.3, -0.25) is 9.79 Å². The number of aromatic nitrogens is 2. The van der Waals surface area contributed by atoms with Crippen molar-refractivity contribution in [2.24, 2.45) is 16.6 Å². The summed E-state index contributed by atoms with van der Waals surface area (Å²) in [5.74, 6) is -2.62. The Morgan fingerprint density at radius 2 is 2.00 bits per heavy atom. The molecule has 2 heterocycles. The van der Waals surface area contributed by atoms with Gasteiger partial charge in [-0.2, -0.15) is 0 Å². The standard InChI is InChI=1S/C26H25F2N5O3S/c1-25(20-10-26(20,14-35-2)37-24(29)33-25)17-8-16(9-18(27)22(17)28)32-23(34)19-11-31-21(12-30-19)36-13-15-6-4-3-5-7-15/h3-9,11-12,20H,10,13-14H2,1-2H3,(H2,29,33)(H,32,34)/t20-,25+,26+/m0/s1. The van der Waals surface area contributed by atoms with Crippen LogP contribution in [0.2, 0.25) is 0 Å². The van der Waals surface area contributed by atoms with Crippen molar-refractivity contribution in [1.29, 1.82) is 0 Å². The van der Waals surface area contributed by atoms with Crippen molar-refractivity contribution in [3.8, 4) is 5.88 Å². The Bertz CT molecular complexity index is 1360. The molecule has 0 saturated heterocycles. The van der Waals surface area contributed by atoms with Crippen molar-refractivity contribution in [3.63, 3.8) is 0 Å². The monoisotopic (exact) mass is 525 g/mol. The average molecular weight is 526 g/mol. The molecule has 0 unspecified atom stereocenters. The summed E-state index contributed by atoms with van der Waals surface area (Å²) < 4.78 is 40.4. The van der Waals surface area contributed by atoms with Crippen molar-refractivity contribution >= 4 is 28.5 Å². The highest BCUT2D eigenvalue weighted by atomic mass is 32.2. The number of rotatable bonds is 8. The number of fused-ring (bicyclic) bond motifs is 1. The molecule has 192 valence electrons. The van der Waals surface area contributed by atoms with Gasteiger partial charge in [0.05, 0.1) is 29.3 Å². The summed E-state index contributed by atoms with van der Waals surface area (Å²) >= 11 is 1.40. The number of amides is 1. The highest BCUT2D eigenvalue weighted by Gasteiger charge is 2.66. The smallest absolute Gasteiger partial charge is 0.275 e. The van der Waals surface area contributed by atoms with Crippen LogP contribution in [0.3, 0.4) is 0 Å². The number of nitrogens with two attached hydrogens (primary N) is 1. The molecule has 2 aliphatic rings. The van der Waals surface area contributed by atoms with Crippen molar-refractivity contribution in [3.05, 3.63) is 83.3 Å². The molecule has 1 aliphatic carbocycles. The second-order valence-electron chi connectivity index (χ2n) is 9.24. The van der Waals surface area contributed by atoms with Crippen LogP contribution in [0.15, 0.2) is 59.9 Å². The number of carbonyl (C=O) groups excluding carboxylic acids is 1. The largest absolute Gasteiger partial charge is 0.472 e. The topological polar surface area (TPSA) is 112 Å². The summed E-state index contributed by atoms with van der Waals surface area (Å²) in [5, 5.41) is 2.86. The number of nitrogens with zero attached hydrogens (tertiary/aromatic N) is 3. The molecular formula is C26H25F2N5O3S. The fraction of sp³-hybridized carbons (Fsp3) is 0.308. The van der Waals surface area contributed by atoms with Gasteiger partial charge in [-0.15, -0.1) is 0 Å². The molecule has 1 aliphatic heterocycles. The molecule has 1 fully saturated rings. The molecule has 37 heavy (non-hydrogen) atoms. The summed E-state index contributed by atoms with van der Waals surface area (Å²) in [6, 6.07) is 11.9. The van der Waals surface area contributed by atoms with Gasteiger partial charge in [-0.25, -0.2) is 18.7 Å². The Labute approximate surface area is 216 Å². The van der Waals surface area contributed by atoms with Crippen LogP contribution in [-0.2, 0) is 16.9 Å². The normalized spacial score (nSPS) is 24.1. The molecule has 2 aromatic carbocycles. The fourth-order valence-corrected chi connectivity index (χ4v) is 6.24. The minimum Gasteiger partial charge on any atom is -0.472 e. The van der Waals surface area contributed by atoms with E-state index in [1.54, 1.807) is 14.0 Å². The molecule has 8 nitrogen and oxygen atoms in total. The highest BCUT2D eigenvalue weighted by Crippen LogP contribution is 2.66. The second kappa shape index (κ2) is 9.71. The molecule has 11 heteroatoms. The van der Waals surface area contributed by atoms with Crippen molar-refractivity contribution < 1.29 is 23.0 Å². The molecule has 3 aromatic rings. The summed E-state index contributed by atoms with van der Waals surface area (Å²) in [6.45, 7) is 2.44. The molecule has 3 atom stereocenters. The SMILES string of the molecule is COC[C@]12C[C@H]1[C@@](C)(c1cc(NC(=O)c3cnc(OCc4ccccc4)cn3)cc(F)c1F)N=C(N)S2. The first kappa shape index (κ1) is 25.1. The summed E-state index contributed by atoms with van der Waals surface area (Å²) in [5.41, 5.74) is 5.99. The Kier molecular flexibility index (Phi) is 6.59. The summed E-state index contributed by atoms with van der Waals surface area (Å²) in [4.78, 5) is 25.5. The second-order valence-corrected chi connectivity index (χ2v) is 10.7. The molecule has 0 spiro atoms. The van der Waals surface area contributed by atoms with E-state index < -0.39 is 23.1 Å². The van der Waals surface area contributed by atoms with Crippen molar-refractivity contribution in [2.75, 3.05) is 19.0 Å². The molecule has 5 rings (SSSR count). The number of amidine groups is 1. The fourth-order valence-electron chi connectivity index (χ4n) is 4.79. The maximum Gasteiger partial charge on any atom is 0.275 e. The Morgan fingerprint density at radius 3 is 2.70 bits per heavy atom. The van der Waals surface area contributed by atoms with E-state index in [1.165, 1.54) is 30.2 Å². The van der Waals surface area contributed by atoms with E-state index in [9.17, 15) is 9.18 Å². The van der Waals surface area contributed by atoms with Crippen LogP contribution in [-0.4, -0.2) is 39.5 Å². The molecule has 0 radical (unpaired) electrons. The molecule has 1 amide bonds. The number of halogens is 2.